The molecule has 0 bridgehead atoms. The van der Waals surface area contributed by atoms with Gasteiger partial charge in [0.25, 0.3) is 0 Å². The molecule has 0 aliphatic heterocycles. The number of anilines is 1. The minimum absolute atomic E-state index is 0.0670. The Morgan fingerprint density at radius 2 is 1.62 bits per heavy atom. The first-order valence-corrected chi connectivity index (χ1v) is 13.5. The van der Waals surface area contributed by atoms with Crippen molar-refractivity contribution in [2.24, 2.45) is 0 Å². The summed E-state index contributed by atoms with van der Waals surface area (Å²) in [5, 5.41) is 2.81. The Kier molecular flexibility index (Phi) is 9.67. The van der Waals surface area contributed by atoms with Crippen molar-refractivity contribution < 1.29 is 18.0 Å². The first-order valence-electron chi connectivity index (χ1n) is 11.7. The number of sulfonamides is 1. The van der Waals surface area contributed by atoms with Crippen molar-refractivity contribution in [3.05, 3.63) is 65.2 Å². The monoisotopic (exact) mass is 487 g/mol. The van der Waals surface area contributed by atoms with E-state index >= 15 is 0 Å². The summed E-state index contributed by atoms with van der Waals surface area (Å²) in [5.74, 6) is -0.608. The molecule has 1 N–H and O–H groups in total. The summed E-state index contributed by atoms with van der Waals surface area (Å²) in [5.41, 5.74) is 3.22. The Bertz CT molecular complexity index is 1100. The second kappa shape index (κ2) is 12.0. The number of para-hydroxylation sites is 1. The van der Waals surface area contributed by atoms with Gasteiger partial charge < -0.3 is 10.2 Å². The third-order valence-corrected chi connectivity index (χ3v) is 6.97. The van der Waals surface area contributed by atoms with Crippen molar-refractivity contribution in [2.45, 2.75) is 59.5 Å². The van der Waals surface area contributed by atoms with Gasteiger partial charge in [0.1, 0.15) is 12.6 Å². The number of likely N-dealkylation sites (N-methyl/N-ethyl adjacent to an activating group) is 1. The van der Waals surface area contributed by atoms with Crippen LogP contribution in [0.3, 0.4) is 0 Å². The van der Waals surface area contributed by atoms with Crippen LogP contribution in [0.25, 0.3) is 0 Å². The molecule has 7 nitrogen and oxygen atoms in total. The molecular weight excluding hydrogens is 450 g/mol. The van der Waals surface area contributed by atoms with Crippen molar-refractivity contribution in [3.8, 4) is 0 Å². The van der Waals surface area contributed by atoms with Crippen LogP contribution in [0.2, 0.25) is 0 Å². The molecule has 2 amide bonds. The minimum Gasteiger partial charge on any atom is -0.355 e. The van der Waals surface area contributed by atoms with Gasteiger partial charge in [-0.2, -0.15) is 0 Å². The SMILES string of the molecule is CCNC(=O)C(CC)N(Cc1ccccc1C)C(=O)CN(c1ccccc1C(C)C)S(C)(=O)=O. The summed E-state index contributed by atoms with van der Waals surface area (Å²) in [6.45, 7) is 9.86. The van der Waals surface area contributed by atoms with E-state index in [1.807, 2.05) is 71.0 Å². The predicted molar refractivity (Wildman–Crippen MR) is 137 cm³/mol. The quantitative estimate of drug-likeness (QED) is 0.522. The highest BCUT2D eigenvalue weighted by atomic mass is 32.2. The lowest BCUT2D eigenvalue weighted by Crippen LogP contribution is -2.52. The molecule has 0 spiro atoms. The van der Waals surface area contributed by atoms with E-state index in [-0.39, 0.29) is 24.9 Å². The number of carbonyl (C=O) groups is 2. The first-order chi connectivity index (χ1) is 16.0. The van der Waals surface area contributed by atoms with Gasteiger partial charge in [-0.25, -0.2) is 8.42 Å². The second-order valence-electron chi connectivity index (χ2n) is 8.75. The zero-order valence-corrected chi connectivity index (χ0v) is 21.9. The fraction of sp³-hybridized carbons (Fsp3) is 0.462. The van der Waals surface area contributed by atoms with E-state index in [1.165, 1.54) is 4.90 Å². The maximum absolute atomic E-state index is 13.7. The van der Waals surface area contributed by atoms with Crippen molar-refractivity contribution >= 4 is 27.5 Å². The van der Waals surface area contributed by atoms with Crippen LogP contribution in [0.1, 0.15) is 56.7 Å². The lowest BCUT2D eigenvalue weighted by atomic mass is 10.0. The molecule has 0 heterocycles. The summed E-state index contributed by atoms with van der Waals surface area (Å²) in [4.78, 5) is 28.1. The van der Waals surface area contributed by atoms with Gasteiger partial charge in [0.15, 0.2) is 0 Å². The predicted octanol–water partition coefficient (Wildman–Crippen LogP) is 3.83. The van der Waals surface area contributed by atoms with Gasteiger partial charge in [-0.3, -0.25) is 13.9 Å². The highest BCUT2D eigenvalue weighted by Crippen LogP contribution is 2.29. The number of amides is 2. The van der Waals surface area contributed by atoms with Gasteiger partial charge in [0.05, 0.1) is 11.9 Å². The van der Waals surface area contributed by atoms with Crippen LogP contribution >= 0.6 is 0 Å². The van der Waals surface area contributed by atoms with Crippen LogP contribution in [0.15, 0.2) is 48.5 Å². The van der Waals surface area contributed by atoms with Crippen LogP contribution in [-0.2, 0) is 26.2 Å². The molecule has 0 fully saturated rings. The van der Waals surface area contributed by atoms with Crippen molar-refractivity contribution in [3.63, 3.8) is 0 Å². The van der Waals surface area contributed by atoms with E-state index in [0.29, 0.717) is 18.7 Å². The molecular formula is C26H37N3O4S. The van der Waals surface area contributed by atoms with Crippen molar-refractivity contribution in [1.82, 2.24) is 10.2 Å². The van der Waals surface area contributed by atoms with Crippen LogP contribution in [0.4, 0.5) is 5.69 Å². The zero-order valence-electron chi connectivity index (χ0n) is 21.0. The number of benzene rings is 2. The van der Waals surface area contributed by atoms with Gasteiger partial charge in [0.2, 0.25) is 21.8 Å². The Balaban J connectivity index is 2.51. The molecule has 2 rings (SSSR count). The summed E-state index contributed by atoms with van der Waals surface area (Å²) in [6, 6.07) is 14.2. The summed E-state index contributed by atoms with van der Waals surface area (Å²) in [6.07, 6.45) is 1.51. The number of aryl methyl sites for hydroxylation is 1. The van der Waals surface area contributed by atoms with E-state index in [2.05, 4.69) is 5.32 Å². The fourth-order valence-corrected chi connectivity index (χ4v) is 4.85. The van der Waals surface area contributed by atoms with Gasteiger partial charge in [-0.05, 0) is 48.9 Å². The Morgan fingerprint density at radius 3 is 2.18 bits per heavy atom. The van der Waals surface area contributed by atoms with E-state index in [0.717, 1.165) is 27.3 Å². The highest BCUT2D eigenvalue weighted by molar-refractivity contribution is 7.92. The Hall–Kier alpha value is -2.87. The van der Waals surface area contributed by atoms with Gasteiger partial charge in [-0.15, -0.1) is 0 Å². The smallest absolute Gasteiger partial charge is 0.244 e. The lowest BCUT2D eigenvalue weighted by Gasteiger charge is -2.33. The Morgan fingerprint density at radius 1 is 1.00 bits per heavy atom. The molecule has 0 radical (unpaired) electrons. The van der Waals surface area contributed by atoms with E-state index in [9.17, 15) is 18.0 Å². The maximum Gasteiger partial charge on any atom is 0.244 e. The van der Waals surface area contributed by atoms with Crippen molar-refractivity contribution in [1.29, 1.82) is 0 Å². The van der Waals surface area contributed by atoms with Crippen LogP contribution in [0.5, 0.6) is 0 Å². The van der Waals surface area contributed by atoms with Gasteiger partial charge in [-0.1, -0.05) is 63.2 Å². The lowest BCUT2D eigenvalue weighted by molar-refractivity contribution is -0.140. The molecule has 2 aromatic carbocycles. The number of rotatable bonds is 11. The summed E-state index contributed by atoms with van der Waals surface area (Å²) >= 11 is 0. The number of nitrogens with one attached hydrogen (secondary N) is 1. The average molecular weight is 488 g/mol. The molecule has 0 aromatic heterocycles. The molecule has 186 valence electrons. The number of nitrogens with zero attached hydrogens (tertiary/aromatic N) is 2. The van der Waals surface area contributed by atoms with Crippen LogP contribution in [-0.4, -0.2) is 50.5 Å². The van der Waals surface area contributed by atoms with Gasteiger partial charge >= 0.3 is 0 Å². The largest absolute Gasteiger partial charge is 0.355 e. The highest BCUT2D eigenvalue weighted by Gasteiger charge is 2.32. The molecule has 1 atom stereocenters. The maximum atomic E-state index is 13.7. The molecule has 0 saturated heterocycles. The Labute approximate surface area is 204 Å². The summed E-state index contributed by atoms with van der Waals surface area (Å²) in [7, 11) is -3.76. The molecule has 8 heteroatoms. The van der Waals surface area contributed by atoms with E-state index in [4.69, 9.17) is 0 Å². The first kappa shape index (κ1) is 27.4. The molecule has 2 aromatic rings. The third kappa shape index (κ3) is 6.82. The number of hydrogen-bond acceptors (Lipinski definition) is 4. The van der Waals surface area contributed by atoms with E-state index in [1.54, 1.807) is 12.1 Å². The van der Waals surface area contributed by atoms with Crippen LogP contribution < -0.4 is 9.62 Å². The topological polar surface area (TPSA) is 86.8 Å². The van der Waals surface area contributed by atoms with Crippen molar-refractivity contribution in [2.75, 3.05) is 23.7 Å². The number of hydrogen-bond donors (Lipinski definition) is 1. The van der Waals surface area contributed by atoms with Gasteiger partial charge in [0, 0.05) is 13.1 Å². The minimum atomic E-state index is -3.76. The standard InChI is InChI=1S/C26H37N3O4S/c1-7-23(26(31)27-8-2)28(17-21-14-10-9-13-20(21)5)25(30)18-29(34(6,32)33)24-16-12-11-15-22(24)19(3)4/h9-16,19,23H,7-8,17-18H2,1-6H3,(H,27,31). The zero-order chi connectivity index (χ0) is 25.5. The molecule has 0 saturated carbocycles. The van der Waals surface area contributed by atoms with E-state index < -0.39 is 22.0 Å². The molecule has 34 heavy (non-hydrogen) atoms. The van der Waals surface area contributed by atoms with Crippen LogP contribution in [0, 0.1) is 6.92 Å². The molecule has 0 aliphatic rings. The fourth-order valence-electron chi connectivity index (χ4n) is 3.98. The molecule has 1 unspecified atom stereocenters. The second-order valence-corrected chi connectivity index (χ2v) is 10.7. The normalized spacial score (nSPS) is 12.3. The molecule has 0 aliphatic carbocycles. The third-order valence-electron chi connectivity index (χ3n) is 5.85. The summed E-state index contributed by atoms with van der Waals surface area (Å²) < 4.78 is 26.8. The number of carbonyl (C=O) groups excluding carboxylic acids is 2. The average Bonchev–Trinajstić information content (AvgIpc) is 2.77.